The molecule has 0 bridgehead atoms. The normalized spacial score (nSPS) is 25.3. The van der Waals surface area contributed by atoms with E-state index < -0.39 is 25.1 Å². The Balaban J connectivity index is 0.00000242. The Kier molecular flexibility index (Phi) is 7.59. The predicted octanol–water partition coefficient (Wildman–Crippen LogP) is 0.812. The summed E-state index contributed by atoms with van der Waals surface area (Å²) in [6.45, 7) is 0.301. The Morgan fingerprint density at radius 3 is 2.09 bits per heavy atom. The third-order valence-electron chi connectivity index (χ3n) is 4.73. The molecule has 0 aromatic heterocycles. The van der Waals surface area contributed by atoms with E-state index in [4.69, 9.17) is 5.73 Å². The number of nitrogens with two attached hydrogens (primary N) is 1. The highest BCUT2D eigenvalue weighted by molar-refractivity contribution is 7.92. The van der Waals surface area contributed by atoms with E-state index in [1.807, 2.05) is 0 Å². The van der Waals surface area contributed by atoms with Crippen molar-refractivity contribution in [3.63, 3.8) is 0 Å². The SMILES string of the molecule is Cl.NCC(NS(=O)(=O)C1CCS(=O)(=O)CC1)C1CCCCC1. The van der Waals surface area contributed by atoms with Gasteiger partial charge in [-0.05, 0) is 31.6 Å². The van der Waals surface area contributed by atoms with Gasteiger partial charge >= 0.3 is 0 Å². The highest BCUT2D eigenvalue weighted by Crippen LogP contribution is 2.27. The molecule has 9 heteroatoms. The van der Waals surface area contributed by atoms with Gasteiger partial charge in [0.25, 0.3) is 0 Å². The van der Waals surface area contributed by atoms with Crippen LogP contribution in [0.25, 0.3) is 0 Å². The van der Waals surface area contributed by atoms with Crippen LogP contribution in [0.5, 0.6) is 0 Å². The minimum atomic E-state index is -3.49. The number of hydrogen-bond acceptors (Lipinski definition) is 5. The second kappa shape index (κ2) is 8.28. The van der Waals surface area contributed by atoms with Gasteiger partial charge in [0.15, 0.2) is 0 Å². The molecule has 0 aromatic rings. The summed E-state index contributed by atoms with van der Waals surface area (Å²) in [7, 11) is -6.54. The molecule has 1 unspecified atom stereocenters. The maximum absolute atomic E-state index is 12.4. The Morgan fingerprint density at radius 2 is 1.59 bits per heavy atom. The van der Waals surface area contributed by atoms with E-state index in [0.29, 0.717) is 12.5 Å². The monoisotopic (exact) mass is 374 g/mol. The van der Waals surface area contributed by atoms with E-state index in [1.165, 1.54) is 6.42 Å². The first-order valence-electron chi connectivity index (χ1n) is 7.76. The third kappa shape index (κ3) is 5.33. The lowest BCUT2D eigenvalue weighted by Gasteiger charge is -2.32. The number of hydrogen-bond donors (Lipinski definition) is 2. The average Bonchev–Trinajstić information content (AvgIpc) is 2.45. The first kappa shape index (κ1) is 20.2. The molecular weight excluding hydrogens is 348 g/mol. The topological polar surface area (TPSA) is 106 Å². The minimum absolute atomic E-state index is 0. The van der Waals surface area contributed by atoms with E-state index in [9.17, 15) is 16.8 Å². The van der Waals surface area contributed by atoms with Crippen LogP contribution >= 0.6 is 12.4 Å². The van der Waals surface area contributed by atoms with Crippen LogP contribution in [0, 0.1) is 5.92 Å². The third-order valence-corrected chi connectivity index (χ3v) is 8.42. The van der Waals surface area contributed by atoms with Gasteiger partial charge in [0.1, 0.15) is 9.84 Å². The average molecular weight is 375 g/mol. The Hall–Kier alpha value is 0.110. The van der Waals surface area contributed by atoms with Crippen molar-refractivity contribution in [2.75, 3.05) is 18.1 Å². The Bertz CT molecular complexity index is 530. The molecule has 2 rings (SSSR count). The van der Waals surface area contributed by atoms with Crippen LogP contribution < -0.4 is 10.5 Å². The van der Waals surface area contributed by atoms with E-state index in [-0.39, 0.29) is 42.8 Å². The van der Waals surface area contributed by atoms with E-state index in [2.05, 4.69) is 4.72 Å². The summed E-state index contributed by atoms with van der Waals surface area (Å²) >= 11 is 0. The van der Waals surface area contributed by atoms with Crippen LogP contribution in [0.1, 0.15) is 44.9 Å². The lowest BCUT2D eigenvalue weighted by atomic mass is 9.84. The number of sulfonamides is 1. The van der Waals surface area contributed by atoms with Crippen molar-refractivity contribution in [2.24, 2.45) is 11.7 Å². The van der Waals surface area contributed by atoms with Gasteiger partial charge in [0.05, 0.1) is 16.8 Å². The van der Waals surface area contributed by atoms with E-state index in [0.717, 1.165) is 25.7 Å². The molecule has 1 saturated carbocycles. The Labute approximate surface area is 140 Å². The molecule has 1 aliphatic carbocycles. The van der Waals surface area contributed by atoms with Crippen molar-refractivity contribution in [3.05, 3.63) is 0 Å². The lowest BCUT2D eigenvalue weighted by molar-refractivity contribution is 0.293. The van der Waals surface area contributed by atoms with Gasteiger partial charge in [-0.1, -0.05) is 19.3 Å². The van der Waals surface area contributed by atoms with Crippen molar-refractivity contribution in [2.45, 2.75) is 56.2 Å². The molecule has 0 amide bonds. The fraction of sp³-hybridized carbons (Fsp3) is 1.00. The molecule has 1 atom stereocenters. The molecule has 3 N–H and O–H groups in total. The van der Waals surface area contributed by atoms with Crippen molar-refractivity contribution < 1.29 is 16.8 Å². The van der Waals surface area contributed by atoms with Crippen molar-refractivity contribution in [3.8, 4) is 0 Å². The Morgan fingerprint density at radius 1 is 1.05 bits per heavy atom. The number of nitrogens with one attached hydrogen (secondary N) is 1. The van der Waals surface area contributed by atoms with Gasteiger partial charge in [-0.3, -0.25) is 0 Å². The molecule has 6 nitrogen and oxygen atoms in total. The molecule has 0 aromatic carbocycles. The van der Waals surface area contributed by atoms with Crippen LogP contribution in [-0.2, 0) is 19.9 Å². The fourth-order valence-electron chi connectivity index (χ4n) is 3.36. The zero-order chi connectivity index (χ0) is 15.5. The van der Waals surface area contributed by atoms with Gasteiger partial charge in [-0.15, -0.1) is 12.4 Å². The van der Waals surface area contributed by atoms with Gasteiger partial charge in [0.2, 0.25) is 10.0 Å². The summed E-state index contributed by atoms with van der Waals surface area (Å²) in [5, 5.41) is -0.598. The molecule has 1 aliphatic heterocycles. The van der Waals surface area contributed by atoms with Gasteiger partial charge in [-0.2, -0.15) is 0 Å². The van der Waals surface area contributed by atoms with Gasteiger partial charge < -0.3 is 5.73 Å². The summed E-state index contributed by atoms with van der Waals surface area (Å²) in [6, 6.07) is -0.214. The maximum atomic E-state index is 12.4. The zero-order valence-corrected chi connectivity index (χ0v) is 15.2. The van der Waals surface area contributed by atoms with Gasteiger partial charge in [-0.25, -0.2) is 21.6 Å². The second-order valence-electron chi connectivity index (χ2n) is 6.25. The lowest BCUT2D eigenvalue weighted by Crippen LogP contribution is -2.50. The van der Waals surface area contributed by atoms with Crippen molar-refractivity contribution in [1.29, 1.82) is 0 Å². The second-order valence-corrected chi connectivity index (χ2v) is 10.6. The standard InChI is InChI=1S/C13H26N2O4S2.ClH/c14-10-13(11-4-2-1-3-5-11)15-21(18,19)12-6-8-20(16,17)9-7-12;/h11-13,15H,1-10,14H2;1H. The quantitative estimate of drug-likeness (QED) is 0.740. The fourth-order valence-corrected chi connectivity index (χ4v) is 6.91. The molecule has 2 aliphatic rings. The first-order valence-corrected chi connectivity index (χ1v) is 11.1. The molecular formula is C13H27ClN2O4S2. The maximum Gasteiger partial charge on any atom is 0.214 e. The van der Waals surface area contributed by atoms with Crippen LogP contribution in [0.2, 0.25) is 0 Å². The van der Waals surface area contributed by atoms with Crippen molar-refractivity contribution >= 4 is 32.3 Å². The van der Waals surface area contributed by atoms with Gasteiger partial charge in [0, 0.05) is 12.6 Å². The van der Waals surface area contributed by atoms with Crippen LogP contribution in [0.3, 0.4) is 0 Å². The minimum Gasteiger partial charge on any atom is -0.329 e. The molecule has 0 radical (unpaired) electrons. The molecule has 0 spiro atoms. The van der Waals surface area contributed by atoms with Crippen molar-refractivity contribution in [1.82, 2.24) is 4.72 Å². The van der Waals surface area contributed by atoms with E-state index in [1.54, 1.807) is 0 Å². The highest BCUT2D eigenvalue weighted by atomic mass is 35.5. The van der Waals surface area contributed by atoms with E-state index >= 15 is 0 Å². The number of halogens is 1. The molecule has 22 heavy (non-hydrogen) atoms. The molecule has 1 heterocycles. The first-order chi connectivity index (χ1) is 9.84. The van der Waals surface area contributed by atoms with Crippen LogP contribution in [-0.4, -0.2) is 46.2 Å². The summed E-state index contributed by atoms with van der Waals surface area (Å²) in [4.78, 5) is 0. The number of rotatable bonds is 5. The summed E-state index contributed by atoms with van der Waals surface area (Å²) in [6.07, 6.45) is 5.89. The summed E-state index contributed by atoms with van der Waals surface area (Å²) in [5.41, 5.74) is 5.76. The molecule has 132 valence electrons. The summed E-state index contributed by atoms with van der Waals surface area (Å²) in [5.74, 6) is 0.246. The van der Waals surface area contributed by atoms with Crippen LogP contribution in [0.4, 0.5) is 0 Å². The summed E-state index contributed by atoms with van der Waals surface area (Å²) < 4.78 is 50.5. The molecule has 2 fully saturated rings. The van der Waals surface area contributed by atoms with Crippen LogP contribution in [0.15, 0.2) is 0 Å². The smallest absolute Gasteiger partial charge is 0.214 e. The molecule has 1 saturated heterocycles. The highest BCUT2D eigenvalue weighted by Gasteiger charge is 2.35. The zero-order valence-electron chi connectivity index (χ0n) is 12.7. The predicted molar refractivity (Wildman–Crippen MR) is 90.4 cm³/mol. The largest absolute Gasteiger partial charge is 0.329 e. The number of sulfone groups is 1.